The number of nitrogens with zero attached hydrogens (tertiary/aromatic N) is 3. The highest BCUT2D eigenvalue weighted by Gasteiger charge is 2.02. The molecule has 0 fully saturated rings. The normalized spacial score (nSPS) is 9.82. The van der Waals surface area contributed by atoms with Gasteiger partial charge in [-0.25, -0.2) is 9.78 Å². The second-order valence-electron chi connectivity index (χ2n) is 3.47. The number of nitriles is 1. The van der Waals surface area contributed by atoms with Crippen molar-refractivity contribution >= 4 is 0 Å². The van der Waals surface area contributed by atoms with E-state index in [9.17, 15) is 9.90 Å². The Labute approximate surface area is 97.2 Å². The molecule has 0 bridgehead atoms. The Balaban J connectivity index is 2.41. The van der Waals surface area contributed by atoms with Gasteiger partial charge in [-0.05, 0) is 5.56 Å². The first kappa shape index (κ1) is 10.9. The van der Waals surface area contributed by atoms with E-state index in [0.29, 0.717) is 6.54 Å². The van der Waals surface area contributed by atoms with Crippen LogP contribution in [0.2, 0.25) is 0 Å². The van der Waals surface area contributed by atoms with Crippen LogP contribution in [0.1, 0.15) is 11.1 Å². The third-order valence-corrected chi connectivity index (χ3v) is 2.27. The Morgan fingerprint density at radius 3 is 2.71 bits per heavy atom. The third-order valence-electron chi connectivity index (χ3n) is 2.27. The smallest absolute Gasteiger partial charge is 0.347 e. The molecule has 1 aromatic heterocycles. The molecule has 0 unspecified atom stereocenters. The fourth-order valence-electron chi connectivity index (χ4n) is 1.45. The summed E-state index contributed by atoms with van der Waals surface area (Å²) in [5.74, 6) is -0.776. The summed E-state index contributed by atoms with van der Waals surface area (Å²) in [4.78, 5) is 14.7. The minimum atomic E-state index is -0.776. The van der Waals surface area contributed by atoms with Crippen LogP contribution in [0.3, 0.4) is 0 Å². The number of rotatable bonds is 2. The second-order valence-corrected chi connectivity index (χ2v) is 3.47. The lowest BCUT2D eigenvalue weighted by molar-refractivity contribution is -0.275. The minimum absolute atomic E-state index is 0.125. The van der Waals surface area contributed by atoms with Gasteiger partial charge in [0.25, 0.3) is 0 Å². The summed E-state index contributed by atoms with van der Waals surface area (Å²) in [5.41, 5.74) is 0.136. The Hall–Kier alpha value is -2.61. The van der Waals surface area contributed by atoms with Crippen LogP contribution >= 0.6 is 0 Å². The molecule has 0 aliphatic heterocycles. The first-order chi connectivity index (χ1) is 8.20. The summed E-state index contributed by atoms with van der Waals surface area (Å²) >= 11 is 0. The van der Waals surface area contributed by atoms with Crippen LogP contribution in [0.5, 0.6) is 5.88 Å². The number of benzene rings is 1. The van der Waals surface area contributed by atoms with E-state index in [1.807, 2.05) is 30.3 Å². The molecule has 5 nitrogen and oxygen atoms in total. The molecule has 0 atom stereocenters. The van der Waals surface area contributed by atoms with Gasteiger partial charge in [-0.2, -0.15) is 5.26 Å². The predicted molar refractivity (Wildman–Crippen MR) is 58.2 cm³/mol. The lowest BCUT2D eigenvalue weighted by Gasteiger charge is -2.10. The van der Waals surface area contributed by atoms with Crippen molar-refractivity contribution in [3.05, 3.63) is 58.1 Å². The summed E-state index contributed by atoms with van der Waals surface area (Å²) in [6, 6.07) is 11.0. The molecule has 0 radical (unpaired) electrons. The summed E-state index contributed by atoms with van der Waals surface area (Å²) in [6.45, 7) is 0.293. The van der Waals surface area contributed by atoms with Gasteiger partial charge in [0.05, 0.1) is 12.1 Å². The standard InChI is InChI=1S/C12H9N3O2/c13-6-10-8-15(12(17)14-11(10)16)7-9-4-2-1-3-5-9/h1-5,8H,7H2,(H,14,16,17)/p-1. The first-order valence-corrected chi connectivity index (χ1v) is 4.93. The molecular weight excluding hydrogens is 218 g/mol. The zero-order chi connectivity index (χ0) is 12.3. The Bertz CT molecular complexity index is 626. The molecule has 0 spiro atoms. The van der Waals surface area contributed by atoms with Gasteiger partial charge in [-0.15, -0.1) is 0 Å². The van der Waals surface area contributed by atoms with Crippen LogP contribution in [0.4, 0.5) is 0 Å². The van der Waals surface area contributed by atoms with Crippen LogP contribution < -0.4 is 10.8 Å². The number of aromatic nitrogens is 2. The fourth-order valence-corrected chi connectivity index (χ4v) is 1.45. The molecule has 0 aliphatic rings. The van der Waals surface area contributed by atoms with Crippen molar-refractivity contribution in [2.24, 2.45) is 0 Å². The Kier molecular flexibility index (Phi) is 2.88. The quantitative estimate of drug-likeness (QED) is 0.734. The van der Waals surface area contributed by atoms with E-state index in [-0.39, 0.29) is 5.56 Å². The molecule has 84 valence electrons. The van der Waals surface area contributed by atoms with Crippen LogP contribution in [-0.4, -0.2) is 9.55 Å². The van der Waals surface area contributed by atoms with Gasteiger partial charge in [0.2, 0.25) is 0 Å². The van der Waals surface area contributed by atoms with Crippen molar-refractivity contribution in [3.8, 4) is 11.9 Å². The molecule has 0 N–H and O–H groups in total. The maximum Gasteiger partial charge on any atom is 0.347 e. The van der Waals surface area contributed by atoms with Crippen LogP contribution in [-0.2, 0) is 6.54 Å². The Morgan fingerprint density at radius 2 is 2.06 bits per heavy atom. The summed E-state index contributed by atoms with van der Waals surface area (Å²) in [6.07, 6.45) is 1.24. The minimum Gasteiger partial charge on any atom is -0.858 e. The molecule has 17 heavy (non-hydrogen) atoms. The average Bonchev–Trinajstić information content (AvgIpc) is 2.34. The van der Waals surface area contributed by atoms with Crippen LogP contribution in [0.25, 0.3) is 0 Å². The Morgan fingerprint density at radius 1 is 1.35 bits per heavy atom. The summed E-state index contributed by atoms with van der Waals surface area (Å²) < 4.78 is 1.25. The van der Waals surface area contributed by atoms with Gasteiger partial charge in [0, 0.05) is 12.1 Å². The van der Waals surface area contributed by atoms with Gasteiger partial charge in [0.1, 0.15) is 6.07 Å². The lowest BCUT2D eigenvalue weighted by atomic mass is 10.2. The maximum atomic E-state index is 11.5. The van der Waals surface area contributed by atoms with Crippen molar-refractivity contribution in [1.29, 1.82) is 5.26 Å². The van der Waals surface area contributed by atoms with Crippen molar-refractivity contribution in [3.63, 3.8) is 0 Å². The topological polar surface area (TPSA) is 81.7 Å². The molecule has 0 aliphatic carbocycles. The van der Waals surface area contributed by atoms with Crippen LogP contribution in [0, 0.1) is 11.3 Å². The third kappa shape index (κ3) is 2.32. The molecule has 0 saturated heterocycles. The number of hydrogen-bond acceptors (Lipinski definition) is 4. The van der Waals surface area contributed by atoms with Crippen molar-refractivity contribution < 1.29 is 5.11 Å². The van der Waals surface area contributed by atoms with E-state index >= 15 is 0 Å². The molecular formula is C12H8N3O2-. The highest BCUT2D eigenvalue weighted by atomic mass is 16.3. The second kappa shape index (κ2) is 4.49. The molecule has 5 heteroatoms. The molecule has 0 saturated carbocycles. The average molecular weight is 226 g/mol. The van der Waals surface area contributed by atoms with Gasteiger partial charge in [-0.3, -0.25) is 4.57 Å². The van der Waals surface area contributed by atoms with Crippen LogP contribution in [0.15, 0.2) is 41.3 Å². The molecule has 2 rings (SSSR count). The van der Waals surface area contributed by atoms with Gasteiger partial charge < -0.3 is 5.11 Å². The first-order valence-electron chi connectivity index (χ1n) is 4.93. The van der Waals surface area contributed by atoms with E-state index in [4.69, 9.17) is 5.26 Å². The van der Waals surface area contributed by atoms with Gasteiger partial charge in [0.15, 0.2) is 0 Å². The van der Waals surface area contributed by atoms with Gasteiger partial charge >= 0.3 is 5.69 Å². The zero-order valence-electron chi connectivity index (χ0n) is 8.83. The van der Waals surface area contributed by atoms with Crippen molar-refractivity contribution in [2.75, 3.05) is 0 Å². The van der Waals surface area contributed by atoms with E-state index < -0.39 is 11.6 Å². The van der Waals surface area contributed by atoms with E-state index in [1.165, 1.54) is 10.8 Å². The van der Waals surface area contributed by atoms with E-state index in [2.05, 4.69) is 4.98 Å². The van der Waals surface area contributed by atoms with Crippen molar-refractivity contribution in [1.82, 2.24) is 9.55 Å². The van der Waals surface area contributed by atoms with E-state index in [1.54, 1.807) is 6.07 Å². The maximum absolute atomic E-state index is 11.5. The predicted octanol–water partition coefficient (Wildman–Crippen LogP) is 0.237. The largest absolute Gasteiger partial charge is 0.858 e. The monoisotopic (exact) mass is 226 g/mol. The summed E-state index contributed by atoms with van der Waals surface area (Å²) in [5, 5.41) is 19.8. The fraction of sp³-hybridized carbons (Fsp3) is 0.0833. The highest BCUT2D eigenvalue weighted by molar-refractivity contribution is 5.33. The van der Waals surface area contributed by atoms with Crippen molar-refractivity contribution in [2.45, 2.75) is 6.54 Å². The van der Waals surface area contributed by atoms with E-state index in [0.717, 1.165) is 5.56 Å². The molecule has 1 aromatic carbocycles. The molecule has 0 amide bonds. The molecule has 2 aromatic rings. The summed E-state index contributed by atoms with van der Waals surface area (Å²) in [7, 11) is 0. The lowest BCUT2D eigenvalue weighted by Crippen LogP contribution is -2.25. The molecule has 1 heterocycles. The SMILES string of the molecule is N#Cc1cn(Cc2ccccc2)c(=O)nc1[O-]. The number of hydrogen-bond donors (Lipinski definition) is 0. The van der Waals surface area contributed by atoms with Gasteiger partial charge in [-0.1, -0.05) is 30.3 Å². The highest BCUT2D eigenvalue weighted by Crippen LogP contribution is 2.06. The zero-order valence-corrected chi connectivity index (χ0v) is 8.83.